The molecule has 270 valence electrons. The molecule has 0 amide bonds. The van der Waals surface area contributed by atoms with Crippen LogP contribution in [-0.2, 0) is 0 Å². The second-order valence-corrected chi connectivity index (χ2v) is 15.0. The third-order valence-corrected chi connectivity index (χ3v) is 11.8. The fourth-order valence-corrected chi connectivity index (χ4v) is 9.12. The summed E-state index contributed by atoms with van der Waals surface area (Å²) in [6.45, 7) is 0. The standard InChI is InChI=1S/C54H34N4/c1-2-16-44-42(14-1)43-15-3-4-17-45(43)48-32-36(22-28-46(44)48)37-23-29-52-49(33-37)47-18-5-7-20-51(47)57(52)40-24-26-41(27-25-40)58-53-21-8-6-19-50(53)56-54(58)38-12-9-11-35(31-38)39-13-10-30-55-34-39/h1-34H. The Morgan fingerprint density at radius 1 is 0.310 bits per heavy atom. The van der Waals surface area contributed by atoms with E-state index in [1.54, 1.807) is 0 Å². The van der Waals surface area contributed by atoms with Crippen LogP contribution in [0.1, 0.15) is 0 Å². The van der Waals surface area contributed by atoms with E-state index in [-0.39, 0.29) is 0 Å². The van der Waals surface area contributed by atoms with Crippen LogP contribution in [0.2, 0.25) is 0 Å². The minimum atomic E-state index is 0.902. The molecule has 0 fully saturated rings. The molecule has 0 bridgehead atoms. The van der Waals surface area contributed by atoms with E-state index in [2.05, 4.69) is 202 Å². The van der Waals surface area contributed by atoms with Crippen molar-refractivity contribution >= 4 is 65.2 Å². The molecular formula is C54H34N4. The highest BCUT2D eigenvalue weighted by atomic mass is 15.1. The van der Waals surface area contributed by atoms with Crippen molar-refractivity contribution in [2.75, 3.05) is 0 Å². The Morgan fingerprint density at radius 2 is 0.845 bits per heavy atom. The fraction of sp³-hybridized carbons (Fsp3) is 0. The number of rotatable bonds is 5. The van der Waals surface area contributed by atoms with Crippen molar-refractivity contribution < 1.29 is 0 Å². The molecule has 0 N–H and O–H groups in total. The van der Waals surface area contributed by atoms with Gasteiger partial charge in [0.2, 0.25) is 0 Å². The zero-order chi connectivity index (χ0) is 38.2. The molecule has 58 heavy (non-hydrogen) atoms. The van der Waals surface area contributed by atoms with Gasteiger partial charge in [0, 0.05) is 45.7 Å². The molecule has 4 nitrogen and oxygen atoms in total. The highest BCUT2D eigenvalue weighted by molar-refractivity contribution is 6.25. The molecular weight excluding hydrogens is 705 g/mol. The van der Waals surface area contributed by atoms with Crippen LogP contribution in [0.5, 0.6) is 0 Å². The van der Waals surface area contributed by atoms with E-state index in [4.69, 9.17) is 4.98 Å². The molecule has 0 aliphatic carbocycles. The average Bonchev–Trinajstić information content (AvgIpc) is 3.86. The molecule has 0 atom stereocenters. The number of hydrogen-bond donors (Lipinski definition) is 0. The quantitative estimate of drug-likeness (QED) is 0.165. The fourth-order valence-electron chi connectivity index (χ4n) is 9.12. The highest BCUT2D eigenvalue weighted by Crippen LogP contribution is 2.40. The van der Waals surface area contributed by atoms with Crippen LogP contribution in [-0.4, -0.2) is 19.1 Å². The van der Waals surface area contributed by atoms with Gasteiger partial charge in [-0.15, -0.1) is 0 Å². The molecule has 0 aliphatic rings. The van der Waals surface area contributed by atoms with Gasteiger partial charge in [-0.25, -0.2) is 4.98 Å². The number of pyridine rings is 1. The zero-order valence-corrected chi connectivity index (χ0v) is 31.4. The van der Waals surface area contributed by atoms with Gasteiger partial charge < -0.3 is 4.57 Å². The van der Waals surface area contributed by atoms with Gasteiger partial charge in [-0.3, -0.25) is 9.55 Å². The summed E-state index contributed by atoms with van der Waals surface area (Å²) >= 11 is 0. The van der Waals surface area contributed by atoms with Crippen molar-refractivity contribution in [3.8, 4) is 45.0 Å². The van der Waals surface area contributed by atoms with Crippen molar-refractivity contribution in [2.45, 2.75) is 0 Å². The smallest absolute Gasteiger partial charge is 0.145 e. The molecule has 4 heteroatoms. The lowest BCUT2D eigenvalue weighted by Gasteiger charge is -2.13. The summed E-state index contributed by atoms with van der Waals surface area (Å²) in [7, 11) is 0. The average molecular weight is 739 g/mol. The Kier molecular flexibility index (Phi) is 7.20. The maximum atomic E-state index is 5.17. The number of hydrogen-bond acceptors (Lipinski definition) is 2. The Labute approximate surface area is 334 Å². The number of para-hydroxylation sites is 3. The van der Waals surface area contributed by atoms with Crippen molar-refractivity contribution in [1.82, 2.24) is 19.1 Å². The Hall–Kier alpha value is -7.82. The van der Waals surface area contributed by atoms with E-state index in [0.717, 1.165) is 44.9 Å². The number of benzene rings is 9. The Morgan fingerprint density at radius 3 is 1.57 bits per heavy atom. The lowest BCUT2D eigenvalue weighted by molar-refractivity contribution is 1.09. The second kappa shape index (κ2) is 12.9. The lowest BCUT2D eigenvalue weighted by Crippen LogP contribution is -1.99. The Bertz CT molecular complexity index is 3520. The molecule has 0 spiro atoms. The molecule has 3 aromatic heterocycles. The molecule has 0 radical (unpaired) electrons. The first-order valence-corrected chi connectivity index (χ1v) is 19.7. The van der Waals surface area contributed by atoms with Gasteiger partial charge in [0.1, 0.15) is 5.82 Å². The topological polar surface area (TPSA) is 35.6 Å². The van der Waals surface area contributed by atoms with Crippen LogP contribution in [0, 0.1) is 0 Å². The van der Waals surface area contributed by atoms with Gasteiger partial charge in [-0.1, -0.05) is 121 Å². The maximum Gasteiger partial charge on any atom is 0.145 e. The van der Waals surface area contributed by atoms with Gasteiger partial charge in [-0.2, -0.15) is 0 Å². The van der Waals surface area contributed by atoms with E-state index in [1.807, 2.05) is 18.5 Å². The predicted molar refractivity (Wildman–Crippen MR) is 242 cm³/mol. The van der Waals surface area contributed by atoms with Gasteiger partial charge in [0.05, 0.1) is 22.1 Å². The van der Waals surface area contributed by atoms with E-state index < -0.39 is 0 Å². The van der Waals surface area contributed by atoms with Crippen LogP contribution in [0.4, 0.5) is 0 Å². The Balaban J connectivity index is 0.976. The third-order valence-electron chi connectivity index (χ3n) is 11.8. The molecule has 0 aliphatic heterocycles. The monoisotopic (exact) mass is 738 g/mol. The molecule has 12 aromatic rings. The summed E-state index contributed by atoms with van der Waals surface area (Å²) in [6.07, 6.45) is 3.71. The van der Waals surface area contributed by atoms with Gasteiger partial charge in [0.15, 0.2) is 0 Å². The lowest BCUT2D eigenvalue weighted by atomic mass is 9.92. The molecule has 9 aromatic carbocycles. The van der Waals surface area contributed by atoms with E-state index in [1.165, 1.54) is 65.3 Å². The van der Waals surface area contributed by atoms with Crippen LogP contribution in [0.15, 0.2) is 207 Å². The summed E-state index contributed by atoms with van der Waals surface area (Å²) in [4.78, 5) is 9.52. The first-order valence-electron chi connectivity index (χ1n) is 19.7. The number of nitrogens with zero attached hydrogens (tertiary/aromatic N) is 4. The second-order valence-electron chi connectivity index (χ2n) is 15.0. The summed E-state index contributed by atoms with van der Waals surface area (Å²) in [5, 5.41) is 10.2. The first kappa shape index (κ1) is 32.4. The van der Waals surface area contributed by atoms with E-state index >= 15 is 0 Å². The molecule has 12 rings (SSSR count). The SMILES string of the molecule is c1cncc(-c2cccc(-c3nc4ccccc4n3-c3ccc(-n4c5ccccc5c5cc(-c6ccc7c8ccccc8c8ccccc8c7c6)ccc54)cc3)c2)c1. The first-order chi connectivity index (χ1) is 28.8. The summed E-state index contributed by atoms with van der Waals surface area (Å²) in [5.74, 6) is 0.902. The highest BCUT2D eigenvalue weighted by Gasteiger charge is 2.18. The maximum absolute atomic E-state index is 5.17. The summed E-state index contributed by atoms with van der Waals surface area (Å²) in [5.41, 5.74) is 12.2. The molecule has 3 heterocycles. The van der Waals surface area contributed by atoms with Crippen molar-refractivity contribution in [2.24, 2.45) is 0 Å². The van der Waals surface area contributed by atoms with Gasteiger partial charge >= 0.3 is 0 Å². The molecule has 0 unspecified atom stereocenters. The van der Waals surface area contributed by atoms with E-state index in [9.17, 15) is 0 Å². The molecule has 0 saturated heterocycles. The van der Waals surface area contributed by atoms with Crippen LogP contribution in [0.25, 0.3) is 110 Å². The summed E-state index contributed by atoms with van der Waals surface area (Å²) in [6, 6.07) is 70.1. The molecule has 0 saturated carbocycles. The van der Waals surface area contributed by atoms with Crippen LogP contribution >= 0.6 is 0 Å². The number of imidazole rings is 1. The zero-order valence-electron chi connectivity index (χ0n) is 31.4. The van der Waals surface area contributed by atoms with Crippen molar-refractivity contribution in [3.05, 3.63) is 207 Å². The van der Waals surface area contributed by atoms with Crippen LogP contribution < -0.4 is 0 Å². The number of aromatic nitrogens is 4. The summed E-state index contributed by atoms with van der Waals surface area (Å²) < 4.78 is 4.66. The predicted octanol–water partition coefficient (Wildman–Crippen LogP) is 14.0. The largest absolute Gasteiger partial charge is 0.309 e. The van der Waals surface area contributed by atoms with Crippen molar-refractivity contribution in [3.63, 3.8) is 0 Å². The van der Waals surface area contributed by atoms with Crippen molar-refractivity contribution in [1.29, 1.82) is 0 Å². The normalized spacial score (nSPS) is 11.8. The van der Waals surface area contributed by atoms with Crippen LogP contribution in [0.3, 0.4) is 0 Å². The minimum absolute atomic E-state index is 0.902. The van der Waals surface area contributed by atoms with E-state index in [0.29, 0.717) is 0 Å². The van der Waals surface area contributed by atoms with Gasteiger partial charge in [-0.05, 0) is 122 Å². The minimum Gasteiger partial charge on any atom is -0.309 e. The number of fused-ring (bicyclic) bond motifs is 10. The van der Waals surface area contributed by atoms with Gasteiger partial charge in [0.25, 0.3) is 0 Å². The third kappa shape index (κ3) is 5.02.